The summed E-state index contributed by atoms with van der Waals surface area (Å²) in [5, 5.41) is 2.58. The normalized spacial score (nSPS) is 19.0. The topological polar surface area (TPSA) is 83.6 Å². The van der Waals surface area contributed by atoms with Crippen molar-refractivity contribution in [2.75, 3.05) is 25.1 Å². The number of nitrogens with zero attached hydrogens (tertiary/aromatic N) is 1. The lowest BCUT2D eigenvalue weighted by atomic mass is 10.1. The molecular weight excluding hydrogens is 335 g/mol. The van der Waals surface area contributed by atoms with Gasteiger partial charge in [0.25, 0.3) is 0 Å². The highest BCUT2D eigenvalue weighted by molar-refractivity contribution is 7.91. The molecule has 1 aliphatic heterocycles. The van der Waals surface area contributed by atoms with Crippen LogP contribution in [-0.4, -0.2) is 56.3 Å². The molecule has 1 aliphatic rings. The first kappa shape index (κ1) is 18.4. The quantitative estimate of drug-likeness (QED) is 0.753. The second kappa shape index (κ2) is 7.74. The average Bonchev–Trinajstić information content (AvgIpc) is 2.88. The highest BCUT2D eigenvalue weighted by atomic mass is 32.2. The van der Waals surface area contributed by atoms with Gasteiger partial charge in [0.15, 0.2) is 9.84 Å². The molecule has 2 rings (SSSR count). The maximum absolute atomic E-state index is 13.4. The molecule has 1 aromatic rings. The van der Waals surface area contributed by atoms with E-state index in [4.69, 9.17) is 0 Å². The number of halogens is 1. The first-order valence-electron chi connectivity index (χ1n) is 7.74. The summed E-state index contributed by atoms with van der Waals surface area (Å²) in [7, 11) is -1.57. The van der Waals surface area contributed by atoms with Crippen molar-refractivity contribution in [2.45, 2.75) is 25.3 Å². The van der Waals surface area contributed by atoms with Crippen molar-refractivity contribution in [3.8, 4) is 0 Å². The molecule has 2 amide bonds. The van der Waals surface area contributed by atoms with Gasteiger partial charge in [-0.25, -0.2) is 12.8 Å². The monoisotopic (exact) mass is 356 g/mol. The lowest BCUT2D eigenvalue weighted by Crippen LogP contribution is -2.40. The summed E-state index contributed by atoms with van der Waals surface area (Å²) >= 11 is 0. The third-order valence-electron chi connectivity index (χ3n) is 4.14. The lowest BCUT2D eigenvalue weighted by Gasteiger charge is -2.23. The Bertz CT molecular complexity index is 721. The summed E-state index contributed by atoms with van der Waals surface area (Å²) in [4.78, 5) is 25.2. The maximum Gasteiger partial charge on any atom is 0.232 e. The number of sulfone groups is 1. The van der Waals surface area contributed by atoms with Crippen LogP contribution in [0.1, 0.15) is 18.4 Å². The Hall–Kier alpha value is -1.96. The zero-order valence-corrected chi connectivity index (χ0v) is 14.3. The molecule has 1 N–H and O–H groups in total. The summed E-state index contributed by atoms with van der Waals surface area (Å²) in [6.45, 7) is 0.231. The van der Waals surface area contributed by atoms with Gasteiger partial charge in [-0.3, -0.25) is 9.59 Å². The molecule has 1 fully saturated rings. The van der Waals surface area contributed by atoms with E-state index in [2.05, 4.69) is 5.32 Å². The van der Waals surface area contributed by atoms with Gasteiger partial charge in [0, 0.05) is 19.6 Å². The van der Waals surface area contributed by atoms with Gasteiger partial charge in [0.1, 0.15) is 12.2 Å². The van der Waals surface area contributed by atoms with Gasteiger partial charge in [-0.15, -0.1) is 0 Å². The highest BCUT2D eigenvalue weighted by Gasteiger charge is 2.33. The molecule has 1 atom stereocenters. The van der Waals surface area contributed by atoms with Gasteiger partial charge in [0.2, 0.25) is 11.8 Å². The number of nitrogens with one attached hydrogen (secondary N) is 1. The van der Waals surface area contributed by atoms with E-state index in [0.717, 1.165) is 0 Å². The second-order valence-electron chi connectivity index (χ2n) is 5.93. The summed E-state index contributed by atoms with van der Waals surface area (Å²) in [5.74, 6) is -1.18. The van der Waals surface area contributed by atoms with Gasteiger partial charge in [0.05, 0.1) is 11.5 Å². The van der Waals surface area contributed by atoms with Crippen LogP contribution in [0.3, 0.4) is 0 Å². The van der Waals surface area contributed by atoms with E-state index in [-0.39, 0.29) is 36.3 Å². The Morgan fingerprint density at radius 2 is 2.04 bits per heavy atom. The number of amides is 2. The predicted octanol–water partition coefficient (Wildman–Crippen LogP) is 0.520. The number of hydrogen-bond donors (Lipinski definition) is 1. The zero-order chi connectivity index (χ0) is 17.7. The van der Waals surface area contributed by atoms with E-state index in [1.165, 1.54) is 18.0 Å². The third kappa shape index (κ3) is 5.02. The number of carbonyl (C=O) groups excluding carboxylic acids is 2. The summed E-state index contributed by atoms with van der Waals surface area (Å²) in [6.07, 6.45) is 0.396. The van der Waals surface area contributed by atoms with E-state index in [1.54, 1.807) is 18.2 Å². The van der Waals surface area contributed by atoms with Crippen molar-refractivity contribution in [3.05, 3.63) is 35.6 Å². The van der Waals surface area contributed by atoms with Crippen LogP contribution in [0, 0.1) is 5.82 Å². The van der Waals surface area contributed by atoms with Crippen LogP contribution < -0.4 is 5.32 Å². The van der Waals surface area contributed by atoms with Crippen LogP contribution >= 0.6 is 0 Å². The molecule has 1 saturated heterocycles. The molecular formula is C16H21FN2O4S. The molecule has 24 heavy (non-hydrogen) atoms. The summed E-state index contributed by atoms with van der Waals surface area (Å²) in [6, 6.07) is 5.93. The average molecular weight is 356 g/mol. The van der Waals surface area contributed by atoms with Gasteiger partial charge in [-0.1, -0.05) is 18.2 Å². The smallest absolute Gasteiger partial charge is 0.232 e. The van der Waals surface area contributed by atoms with Crippen molar-refractivity contribution >= 4 is 21.7 Å². The Balaban J connectivity index is 1.75. The molecule has 1 heterocycles. The van der Waals surface area contributed by atoms with Crippen molar-refractivity contribution in [3.63, 3.8) is 0 Å². The van der Waals surface area contributed by atoms with Crippen LogP contribution in [0.5, 0.6) is 0 Å². The van der Waals surface area contributed by atoms with E-state index >= 15 is 0 Å². The van der Waals surface area contributed by atoms with Crippen molar-refractivity contribution < 1.29 is 22.4 Å². The van der Waals surface area contributed by atoms with Crippen molar-refractivity contribution in [2.24, 2.45) is 0 Å². The first-order chi connectivity index (χ1) is 11.3. The Morgan fingerprint density at radius 1 is 1.33 bits per heavy atom. The van der Waals surface area contributed by atoms with Gasteiger partial charge in [-0.2, -0.15) is 0 Å². The van der Waals surface area contributed by atoms with Gasteiger partial charge >= 0.3 is 0 Å². The molecule has 6 nitrogen and oxygen atoms in total. The second-order valence-corrected chi connectivity index (χ2v) is 8.16. The zero-order valence-electron chi connectivity index (χ0n) is 13.5. The first-order valence-corrected chi connectivity index (χ1v) is 9.57. The number of hydrogen-bond acceptors (Lipinski definition) is 4. The van der Waals surface area contributed by atoms with Gasteiger partial charge < -0.3 is 10.2 Å². The van der Waals surface area contributed by atoms with Gasteiger partial charge in [-0.05, 0) is 24.5 Å². The number of benzene rings is 1. The van der Waals surface area contributed by atoms with E-state index in [9.17, 15) is 22.4 Å². The predicted molar refractivity (Wildman–Crippen MR) is 87.6 cm³/mol. The van der Waals surface area contributed by atoms with Crippen LogP contribution in [-0.2, 0) is 25.8 Å². The molecule has 0 radical (unpaired) electrons. The molecule has 0 spiro atoms. The molecule has 0 saturated carbocycles. The van der Waals surface area contributed by atoms with Crippen LogP contribution in [0.25, 0.3) is 0 Å². The number of carbonyl (C=O) groups is 2. The lowest BCUT2D eigenvalue weighted by molar-refractivity contribution is -0.136. The Kier molecular flexibility index (Phi) is 5.93. The Morgan fingerprint density at radius 3 is 2.67 bits per heavy atom. The maximum atomic E-state index is 13.4. The van der Waals surface area contributed by atoms with E-state index in [0.29, 0.717) is 18.4 Å². The van der Waals surface area contributed by atoms with Crippen LogP contribution in [0.2, 0.25) is 0 Å². The fourth-order valence-electron chi connectivity index (χ4n) is 2.65. The largest absolute Gasteiger partial charge is 0.355 e. The minimum absolute atomic E-state index is 0.0514. The van der Waals surface area contributed by atoms with Crippen molar-refractivity contribution in [1.29, 1.82) is 0 Å². The summed E-state index contributed by atoms with van der Waals surface area (Å²) < 4.78 is 36.3. The molecule has 0 aromatic heterocycles. The van der Waals surface area contributed by atoms with E-state index < -0.39 is 21.7 Å². The molecule has 1 unspecified atom stereocenters. The molecule has 0 aliphatic carbocycles. The number of rotatable bonds is 6. The standard InChI is InChI=1S/C16H21FN2O4S/c1-19(13-7-9-24(22,23)11-13)16(21)10-15(20)18-8-6-12-4-2-3-5-14(12)17/h2-5,13H,6-11H2,1H3,(H,18,20). The molecule has 132 valence electrons. The van der Waals surface area contributed by atoms with Crippen LogP contribution in [0.4, 0.5) is 4.39 Å². The SMILES string of the molecule is CN(C(=O)CC(=O)NCCc1ccccc1F)C1CCS(=O)(=O)C1. The summed E-state index contributed by atoms with van der Waals surface area (Å²) in [5.41, 5.74) is 0.498. The highest BCUT2D eigenvalue weighted by Crippen LogP contribution is 2.17. The van der Waals surface area contributed by atoms with Crippen LogP contribution in [0.15, 0.2) is 24.3 Å². The fourth-order valence-corrected chi connectivity index (χ4v) is 4.42. The van der Waals surface area contributed by atoms with E-state index in [1.807, 2.05) is 0 Å². The molecule has 0 bridgehead atoms. The fraction of sp³-hybridized carbons (Fsp3) is 0.500. The minimum atomic E-state index is -3.08. The van der Waals surface area contributed by atoms with Crippen molar-refractivity contribution in [1.82, 2.24) is 10.2 Å². The minimum Gasteiger partial charge on any atom is -0.355 e. The third-order valence-corrected chi connectivity index (χ3v) is 5.89. The Labute approximate surface area is 140 Å². The molecule has 8 heteroatoms. The molecule has 1 aromatic carbocycles.